The molecule has 0 amide bonds. The molecule has 0 aromatic carbocycles. The lowest BCUT2D eigenvalue weighted by molar-refractivity contribution is -0.616. The van der Waals surface area contributed by atoms with Gasteiger partial charge in [-0.25, -0.2) is 0 Å². The molecule has 0 spiro atoms. The first-order chi connectivity index (χ1) is 7.40. The molecule has 0 saturated carbocycles. The van der Waals surface area contributed by atoms with Gasteiger partial charge in [-0.2, -0.15) is 4.73 Å². The maximum atomic E-state index is 11.7. The summed E-state index contributed by atoms with van der Waals surface area (Å²) < 4.78 is 0.719. The van der Waals surface area contributed by atoms with Crippen molar-refractivity contribution in [2.75, 3.05) is 0 Å². The fraction of sp³-hybridized carbons (Fsp3) is 0.667. The van der Waals surface area contributed by atoms with Crippen molar-refractivity contribution in [2.45, 2.75) is 40.5 Å². The number of H-pyrrole nitrogens is 1. The molecule has 0 aliphatic rings. The first-order valence-electron chi connectivity index (χ1n) is 5.74. The van der Waals surface area contributed by atoms with Gasteiger partial charge in [0.15, 0.2) is 6.20 Å². The molecular weight excluding hydrogens is 204 g/mol. The molecule has 0 aliphatic carbocycles. The largest absolute Gasteiger partial charge is 0.618 e. The van der Waals surface area contributed by atoms with E-state index in [0.29, 0.717) is 29.6 Å². The van der Waals surface area contributed by atoms with Crippen molar-refractivity contribution < 1.29 is 4.73 Å². The van der Waals surface area contributed by atoms with Gasteiger partial charge >= 0.3 is 5.56 Å². The van der Waals surface area contributed by atoms with Crippen molar-refractivity contribution in [3.8, 4) is 0 Å². The molecule has 1 aromatic rings. The zero-order valence-corrected chi connectivity index (χ0v) is 10.4. The molecule has 0 aliphatic heterocycles. The Morgan fingerprint density at radius 1 is 1.25 bits per heavy atom. The van der Waals surface area contributed by atoms with Crippen LogP contribution < -0.4 is 10.3 Å². The smallest absolute Gasteiger partial charge is 0.317 e. The van der Waals surface area contributed by atoms with Gasteiger partial charge in [0.05, 0.1) is 5.69 Å². The highest BCUT2D eigenvalue weighted by Crippen LogP contribution is 2.03. The van der Waals surface area contributed by atoms with Crippen LogP contribution in [0.15, 0.2) is 11.0 Å². The van der Waals surface area contributed by atoms with E-state index in [1.54, 1.807) is 0 Å². The molecule has 90 valence electrons. The Bertz CT molecular complexity index is 408. The maximum absolute atomic E-state index is 11.7. The Morgan fingerprint density at radius 2 is 1.81 bits per heavy atom. The molecule has 0 fully saturated rings. The summed E-state index contributed by atoms with van der Waals surface area (Å²) in [6.07, 6.45) is 2.72. The summed E-state index contributed by atoms with van der Waals surface area (Å²) in [7, 11) is 0. The number of hydrogen-bond acceptors (Lipinski definition) is 2. The van der Waals surface area contributed by atoms with E-state index in [9.17, 15) is 10.0 Å². The Balaban J connectivity index is 3.03. The highest BCUT2D eigenvalue weighted by atomic mass is 16.5. The topological polar surface area (TPSA) is 59.8 Å². The van der Waals surface area contributed by atoms with E-state index in [1.807, 2.05) is 13.8 Å². The average Bonchev–Trinajstić information content (AvgIpc) is 2.10. The van der Waals surface area contributed by atoms with Gasteiger partial charge in [0, 0.05) is 6.42 Å². The Kier molecular flexibility index (Phi) is 4.10. The Labute approximate surface area is 95.9 Å². The first-order valence-corrected chi connectivity index (χ1v) is 5.74. The molecule has 4 heteroatoms. The monoisotopic (exact) mass is 224 g/mol. The van der Waals surface area contributed by atoms with E-state index < -0.39 is 0 Å². The van der Waals surface area contributed by atoms with Crippen LogP contribution in [0.2, 0.25) is 0 Å². The van der Waals surface area contributed by atoms with E-state index in [0.717, 1.165) is 11.2 Å². The van der Waals surface area contributed by atoms with Gasteiger partial charge in [0.1, 0.15) is 0 Å². The lowest BCUT2D eigenvalue weighted by atomic mass is 10.1. The fourth-order valence-corrected chi connectivity index (χ4v) is 1.68. The molecule has 16 heavy (non-hydrogen) atoms. The third kappa shape index (κ3) is 3.36. The number of rotatable bonds is 4. The van der Waals surface area contributed by atoms with Gasteiger partial charge in [-0.15, -0.1) is 0 Å². The number of aromatic amines is 1. The summed E-state index contributed by atoms with van der Waals surface area (Å²) in [5, 5.41) is 11.7. The molecule has 0 saturated heterocycles. The maximum Gasteiger partial charge on any atom is 0.317 e. The molecule has 0 radical (unpaired) electrons. The molecule has 0 bridgehead atoms. The van der Waals surface area contributed by atoms with Gasteiger partial charge in [-0.1, -0.05) is 27.7 Å². The number of nitrogens with zero attached hydrogens (tertiary/aromatic N) is 1. The number of hydrogen-bond donors (Lipinski definition) is 1. The summed E-state index contributed by atoms with van der Waals surface area (Å²) >= 11 is 0. The SMILES string of the molecule is CC(C)Cc1c[n+]([O-])c(CC(C)C)c(=O)[nH]1. The van der Waals surface area contributed by atoms with Gasteiger partial charge in [0.2, 0.25) is 0 Å². The highest BCUT2D eigenvalue weighted by molar-refractivity contribution is 4.98. The highest BCUT2D eigenvalue weighted by Gasteiger charge is 2.15. The molecule has 1 aromatic heterocycles. The minimum Gasteiger partial charge on any atom is -0.618 e. The molecule has 0 atom stereocenters. The van der Waals surface area contributed by atoms with Crippen LogP contribution in [0, 0.1) is 17.0 Å². The van der Waals surface area contributed by atoms with Crippen LogP contribution in [-0.2, 0) is 12.8 Å². The fourth-order valence-electron chi connectivity index (χ4n) is 1.68. The zero-order chi connectivity index (χ0) is 12.3. The van der Waals surface area contributed by atoms with Crippen LogP contribution in [0.25, 0.3) is 0 Å². The van der Waals surface area contributed by atoms with Crippen molar-refractivity contribution >= 4 is 0 Å². The van der Waals surface area contributed by atoms with Crippen LogP contribution in [0.4, 0.5) is 0 Å². The number of nitrogens with one attached hydrogen (secondary N) is 1. The number of aromatic nitrogens is 2. The molecule has 4 nitrogen and oxygen atoms in total. The Morgan fingerprint density at radius 3 is 2.25 bits per heavy atom. The first kappa shape index (κ1) is 12.7. The van der Waals surface area contributed by atoms with Gasteiger partial charge in [-0.05, 0) is 18.3 Å². The van der Waals surface area contributed by atoms with Crippen molar-refractivity contribution in [1.29, 1.82) is 0 Å². The van der Waals surface area contributed by atoms with Crippen molar-refractivity contribution in [3.05, 3.63) is 33.1 Å². The third-order valence-electron chi connectivity index (χ3n) is 2.31. The van der Waals surface area contributed by atoms with Gasteiger partial charge < -0.3 is 10.2 Å². The van der Waals surface area contributed by atoms with E-state index in [4.69, 9.17) is 0 Å². The standard InChI is InChI=1S/C12H20N2O2/c1-8(2)5-10-7-14(16)11(6-9(3)4)12(15)13-10/h7-9H,5-6H2,1-4H3,(H,13,15). The second kappa shape index (κ2) is 5.14. The summed E-state index contributed by atoms with van der Waals surface area (Å²) in [6, 6.07) is 0. The van der Waals surface area contributed by atoms with Crippen LogP contribution in [0.3, 0.4) is 0 Å². The predicted molar refractivity (Wildman–Crippen MR) is 63.1 cm³/mol. The van der Waals surface area contributed by atoms with Crippen LogP contribution in [0.1, 0.15) is 39.1 Å². The molecule has 0 unspecified atom stereocenters. The summed E-state index contributed by atoms with van der Waals surface area (Å²) in [4.78, 5) is 14.5. The molecule has 1 heterocycles. The second-order valence-corrected chi connectivity index (χ2v) is 5.08. The van der Waals surface area contributed by atoms with Crippen LogP contribution in [0.5, 0.6) is 0 Å². The molecule has 1 rings (SSSR count). The minimum atomic E-state index is -0.248. The summed E-state index contributed by atoms with van der Waals surface area (Å²) in [5.41, 5.74) is 0.770. The van der Waals surface area contributed by atoms with Crippen LogP contribution >= 0.6 is 0 Å². The normalized spacial score (nSPS) is 11.4. The quantitative estimate of drug-likeness (QED) is 0.621. The van der Waals surface area contributed by atoms with E-state index in [2.05, 4.69) is 18.8 Å². The minimum absolute atomic E-state index is 0.248. The van der Waals surface area contributed by atoms with Crippen molar-refractivity contribution in [3.63, 3.8) is 0 Å². The third-order valence-corrected chi connectivity index (χ3v) is 2.31. The van der Waals surface area contributed by atoms with Gasteiger partial charge in [0.25, 0.3) is 5.69 Å². The van der Waals surface area contributed by atoms with E-state index in [1.165, 1.54) is 6.20 Å². The molecule has 1 N–H and O–H groups in total. The van der Waals surface area contributed by atoms with E-state index in [-0.39, 0.29) is 5.56 Å². The van der Waals surface area contributed by atoms with Crippen molar-refractivity contribution in [1.82, 2.24) is 4.98 Å². The van der Waals surface area contributed by atoms with Gasteiger partial charge in [-0.3, -0.25) is 4.79 Å². The average molecular weight is 224 g/mol. The van der Waals surface area contributed by atoms with E-state index >= 15 is 0 Å². The second-order valence-electron chi connectivity index (χ2n) is 5.08. The van der Waals surface area contributed by atoms with Crippen molar-refractivity contribution in [2.24, 2.45) is 11.8 Å². The summed E-state index contributed by atoms with van der Waals surface area (Å²) in [6.45, 7) is 8.08. The predicted octanol–water partition coefficient (Wildman–Crippen LogP) is 1.41. The Hall–Kier alpha value is -1.32. The van der Waals surface area contributed by atoms with Crippen LogP contribution in [-0.4, -0.2) is 4.98 Å². The summed E-state index contributed by atoms with van der Waals surface area (Å²) in [5.74, 6) is 0.726. The zero-order valence-electron chi connectivity index (χ0n) is 10.4. The lowest BCUT2D eigenvalue weighted by Gasteiger charge is -2.08. The lowest BCUT2D eigenvalue weighted by Crippen LogP contribution is -2.41. The molecular formula is C12H20N2O2.